The molecule has 0 bridgehead atoms. The average molecular weight is 193 g/mol. The Kier molecular flexibility index (Phi) is 4.13. The first-order chi connectivity index (χ1) is 6.74. The van der Waals surface area contributed by atoms with Crippen LogP contribution in [0.15, 0.2) is 30.3 Å². The lowest BCUT2D eigenvalue weighted by molar-refractivity contribution is -0.122. The molecule has 14 heavy (non-hydrogen) atoms. The molecule has 0 fully saturated rings. The minimum atomic E-state index is -0.345. The second-order valence-corrected chi connectivity index (χ2v) is 3.30. The van der Waals surface area contributed by atoms with E-state index >= 15 is 0 Å². The van der Waals surface area contributed by atoms with Crippen LogP contribution in [-0.4, -0.2) is 17.6 Å². The van der Waals surface area contributed by atoms with Crippen molar-refractivity contribution in [2.75, 3.05) is 6.61 Å². The molecule has 3 N–H and O–H groups in total. The highest BCUT2D eigenvalue weighted by Gasteiger charge is 2.14. The van der Waals surface area contributed by atoms with E-state index in [-0.39, 0.29) is 18.4 Å². The van der Waals surface area contributed by atoms with Crippen LogP contribution in [0, 0.1) is 5.92 Å². The predicted octanol–water partition coefficient (Wildman–Crippen LogP) is 0.713. The van der Waals surface area contributed by atoms with Gasteiger partial charge in [-0.15, -0.1) is 0 Å². The smallest absolute Gasteiger partial charge is 0.220 e. The summed E-state index contributed by atoms with van der Waals surface area (Å²) >= 11 is 0. The quantitative estimate of drug-likeness (QED) is 0.723. The molecule has 1 unspecified atom stereocenters. The summed E-state index contributed by atoms with van der Waals surface area (Å²) in [4.78, 5) is 11.0. The molecule has 0 saturated heterocycles. The summed E-state index contributed by atoms with van der Waals surface area (Å²) in [5.74, 6) is -0.606. The number of aliphatic hydroxyl groups is 1. The lowest BCUT2D eigenvalue weighted by Crippen LogP contribution is -2.26. The molecule has 1 amide bonds. The van der Waals surface area contributed by atoms with Gasteiger partial charge in [-0.2, -0.15) is 0 Å². The molecule has 0 heterocycles. The van der Waals surface area contributed by atoms with Gasteiger partial charge in [0.2, 0.25) is 5.91 Å². The largest absolute Gasteiger partial charge is 0.396 e. The van der Waals surface area contributed by atoms with Crippen molar-refractivity contribution in [2.24, 2.45) is 11.7 Å². The Labute approximate surface area is 83.6 Å². The number of hydrogen-bond donors (Lipinski definition) is 2. The zero-order valence-corrected chi connectivity index (χ0v) is 8.02. The van der Waals surface area contributed by atoms with Gasteiger partial charge < -0.3 is 10.8 Å². The predicted molar refractivity (Wildman–Crippen MR) is 54.5 cm³/mol. The number of carbonyl (C=O) groups is 1. The number of carbonyl (C=O) groups excluding carboxylic acids is 1. The molecule has 1 atom stereocenters. The van der Waals surface area contributed by atoms with Crippen LogP contribution < -0.4 is 5.73 Å². The maximum atomic E-state index is 11.0. The van der Waals surface area contributed by atoms with Gasteiger partial charge >= 0.3 is 0 Å². The van der Waals surface area contributed by atoms with Gasteiger partial charge in [0.05, 0.1) is 0 Å². The number of aliphatic hydroxyl groups excluding tert-OH is 1. The van der Waals surface area contributed by atoms with Crippen LogP contribution in [0.4, 0.5) is 0 Å². The van der Waals surface area contributed by atoms with Crippen LogP contribution in [0.3, 0.4) is 0 Å². The molecular formula is C11H15NO2. The molecule has 0 saturated carbocycles. The van der Waals surface area contributed by atoms with Gasteiger partial charge in [0.15, 0.2) is 0 Å². The molecule has 1 rings (SSSR count). The topological polar surface area (TPSA) is 63.3 Å². The third-order valence-electron chi connectivity index (χ3n) is 2.20. The van der Waals surface area contributed by atoms with Gasteiger partial charge in [-0.05, 0) is 18.4 Å². The van der Waals surface area contributed by atoms with E-state index < -0.39 is 0 Å². The average Bonchev–Trinajstić information content (AvgIpc) is 2.18. The van der Waals surface area contributed by atoms with E-state index in [0.717, 1.165) is 5.56 Å². The molecule has 3 heteroatoms. The van der Waals surface area contributed by atoms with Crippen molar-refractivity contribution in [3.8, 4) is 0 Å². The minimum absolute atomic E-state index is 0.000437. The van der Waals surface area contributed by atoms with E-state index in [4.69, 9.17) is 10.8 Å². The lowest BCUT2D eigenvalue weighted by atomic mass is 9.96. The molecule has 3 nitrogen and oxygen atoms in total. The fourth-order valence-corrected chi connectivity index (χ4v) is 1.40. The zero-order valence-electron chi connectivity index (χ0n) is 8.02. The number of amides is 1. The molecule has 0 aromatic heterocycles. The molecule has 0 aliphatic carbocycles. The zero-order chi connectivity index (χ0) is 10.4. The van der Waals surface area contributed by atoms with Gasteiger partial charge in [0.1, 0.15) is 0 Å². The highest BCUT2D eigenvalue weighted by molar-refractivity contribution is 5.76. The van der Waals surface area contributed by atoms with Crippen LogP contribution in [-0.2, 0) is 11.2 Å². The Morgan fingerprint density at radius 3 is 2.50 bits per heavy atom. The summed E-state index contributed by atoms with van der Waals surface area (Å²) < 4.78 is 0. The number of benzene rings is 1. The Morgan fingerprint density at radius 1 is 1.36 bits per heavy atom. The van der Waals surface area contributed by atoms with E-state index in [2.05, 4.69) is 0 Å². The monoisotopic (exact) mass is 193 g/mol. The Balaban J connectivity index is 2.60. The number of hydrogen-bond acceptors (Lipinski definition) is 2. The van der Waals surface area contributed by atoms with Gasteiger partial charge in [0.25, 0.3) is 0 Å². The molecular weight excluding hydrogens is 178 g/mol. The van der Waals surface area contributed by atoms with E-state index in [9.17, 15) is 4.79 Å². The van der Waals surface area contributed by atoms with Crippen molar-refractivity contribution in [2.45, 2.75) is 12.8 Å². The van der Waals surface area contributed by atoms with Crippen molar-refractivity contribution in [1.82, 2.24) is 0 Å². The van der Waals surface area contributed by atoms with Crippen molar-refractivity contribution < 1.29 is 9.90 Å². The van der Waals surface area contributed by atoms with E-state index in [1.807, 2.05) is 30.3 Å². The summed E-state index contributed by atoms with van der Waals surface area (Å²) in [6, 6.07) is 9.67. The first-order valence-electron chi connectivity index (χ1n) is 4.68. The molecule has 1 aromatic carbocycles. The first kappa shape index (κ1) is 10.7. The summed E-state index contributed by atoms with van der Waals surface area (Å²) in [6.07, 6.45) is 1.04. The van der Waals surface area contributed by atoms with E-state index in [1.54, 1.807) is 0 Å². The van der Waals surface area contributed by atoms with Crippen molar-refractivity contribution in [1.29, 1.82) is 0 Å². The van der Waals surface area contributed by atoms with Crippen molar-refractivity contribution in [3.05, 3.63) is 35.9 Å². The third kappa shape index (κ3) is 3.18. The fourth-order valence-electron chi connectivity index (χ4n) is 1.40. The van der Waals surface area contributed by atoms with Crippen LogP contribution >= 0.6 is 0 Å². The molecule has 0 spiro atoms. The van der Waals surface area contributed by atoms with E-state index in [1.165, 1.54) is 0 Å². The standard InChI is InChI=1S/C11H15NO2/c12-11(14)10(6-7-13)8-9-4-2-1-3-5-9/h1-5,10,13H,6-8H2,(H2,12,14). The summed E-state index contributed by atoms with van der Waals surface area (Å²) in [6.45, 7) is 0.000437. The highest BCUT2D eigenvalue weighted by atomic mass is 16.3. The van der Waals surface area contributed by atoms with Crippen molar-refractivity contribution in [3.63, 3.8) is 0 Å². The van der Waals surface area contributed by atoms with E-state index in [0.29, 0.717) is 12.8 Å². The van der Waals surface area contributed by atoms with Gasteiger partial charge in [-0.3, -0.25) is 4.79 Å². The number of primary amides is 1. The molecule has 76 valence electrons. The maximum absolute atomic E-state index is 11.0. The molecule has 0 aliphatic rings. The maximum Gasteiger partial charge on any atom is 0.220 e. The van der Waals surface area contributed by atoms with Gasteiger partial charge in [-0.25, -0.2) is 0 Å². The van der Waals surface area contributed by atoms with Crippen molar-refractivity contribution >= 4 is 5.91 Å². The molecule has 1 aromatic rings. The number of nitrogens with two attached hydrogens (primary N) is 1. The minimum Gasteiger partial charge on any atom is -0.396 e. The summed E-state index contributed by atoms with van der Waals surface area (Å²) in [5, 5.41) is 8.76. The Hall–Kier alpha value is -1.35. The van der Waals surface area contributed by atoms with Gasteiger partial charge in [0, 0.05) is 12.5 Å². The second-order valence-electron chi connectivity index (χ2n) is 3.30. The summed E-state index contributed by atoms with van der Waals surface area (Å²) in [5.41, 5.74) is 6.29. The summed E-state index contributed by atoms with van der Waals surface area (Å²) in [7, 11) is 0. The molecule has 0 radical (unpaired) electrons. The lowest BCUT2D eigenvalue weighted by Gasteiger charge is -2.11. The highest BCUT2D eigenvalue weighted by Crippen LogP contribution is 2.11. The fraction of sp³-hybridized carbons (Fsp3) is 0.364. The van der Waals surface area contributed by atoms with Crippen LogP contribution in [0.25, 0.3) is 0 Å². The van der Waals surface area contributed by atoms with Gasteiger partial charge in [-0.1, -0.05) is 30.3 Å². The van der Waals surface area contributed by atoms with Crippen LogP contribution in [0.1, 0.15) is 12.0 Å². The third-order valence-corrected chi connectivity index (χ3v) is 2.20. The number of rotatable bonds is 5. The SMILES string of the molecule is NC(=O)C(CCO)Cc1ccccc1. The second kappa shape index (κ2) is 5.40. The molecule has 0 aliphatic heterocycles. The Bertz CT molecular complexity index is 285. The van der Waals surface area contributed by atoms with Crippen LogP contribution in [0.2, 0.25) is 0 Å². The van der Waals surface area contributed by atoms with Crippen LogP contribution in [0.5, 0.6) is 0 Å². The first-order valence-corrected chi connectivity index (χ1v) is 4.68. The normalized spacial score (nSPS) is 12.4. The Morgan fingerprint density at radius 2 is 2.00 bits per heavy atom.